The highest BCUT2D eigenvalue weighted by Crippen LogP contribution is 2.05. The van der Waals surface area contributed by atoms with Crippen molar-refractivity contribution in [2.45, 2.75) is 47.1 Å². The van der Waals surface area contributed by atoms with Gasteiger partial charge in [0.05, 0.1) is 0 Å². The van der Waals surface area contributed by atoms with Gasteiger partial charge in [-0.2, -0.15) is 0 Å². The highest BCUT2D eigenvalue weighted by atomic mass is 14.8. The van der Waals surface area contributed by atoms with Crippen LogP contribution in [0.25, 0.3) is 0 Å². The van der Waals surface area contributed by atoms with Gasteiger partial charge in [0.15, 0.2) is 0 Å². The molecule has 0 saturated carbocycles. The van der Waals surface area contributed by atoms with Crippen molar-refractivity contribution in [3.8, 4) is 0 Å². The van der Waals surface area contributed by atoms with Gasteiger partial charge >= 0.3 is 0 Å². The molecule has 0 rings (SSSR count). The number of nitrogens with zero attached hydrogens (tertiary/aromatic N) is 1. The van der Waals surface area contributed by atoms with Crippen LogP contribution in [0.3, 0.4) is 0 Å². The van der Waals surface area contributed by atoms with Gasteiger partial charge in [0.1, 0.15) is 0 Å². The maximum Gasteiger partial charge on any atom is 0.0446 e. The molecule has 0 spiro atoms. The molecule has 2 heteroatoms. The lowest BCUT2D eigenvalue weighted by Crippen LogP contribution is -2.05. The molecule has 0 aromatic rings. The lowest BCUT2D eigenvalue weighted by atomic mass is 10.1. The van der Waals surface area contributed by atoms with E-state index in [4.69, 9.17) is 5.73 Å². The van der Waals surface area contributed by atoms with Crippen molar-refractivity contribution in [2.24, 2.45) is 16.6 Å². The van der Waals surface area contributed by atoms with E-state index in [1.165, 1.54) is 0 Å². The summed E-state index contributed by atoms with van der Waals surface area (Å²) < 4.78 is 0. The molecule has 0 bridgehead atoms. The zero-order chi connectivity index (χ0) is 10.4. The normalized spacial score (nSPS) is 14.4. The summed E-state index contributed by atoms with van der Waals surface area (Å²) >= 11 is 0. The van der Waals surface area contributed by atoms with Crippen LogP contribution in [0.2, 0.25) is 0 Å². The van der Waals surface area contributed by atoms with E-state index in [0.29, 0.717) is 12.0 Å². The number of hydrogen-bond acceptors (Lipinski definition) is 2. The van der Waals surface area contributed by atoms with Crippen LogP contribution in [0.4, 0.5) is 0 Å². The molecule has 0 aliphatic rings. The van der Waals surface area contributed by atoms with Gasteiger partial charge in [0.25, 0.3) is 0 Å². The van der Waals surface area contributed by atoms with Gasteiger partial charge in [0.2, 0.25) is 0 Å². The van der Waals surface area contributed by atoms with Crippen LogP contribution in [0.1, 0.15) is 41.0 Å². The molecule has 0 unspecified atom stereocenters. The molecule has 0 aromatic carbocycles. The zero-order valence-corrected chi connectivity index (χ0v) is 9.46. The van der Waals surface area contributed by atoms with E-state index in [9.17, 15) is 0 Å². The lowest BCUT2D eigenvalue weighted by Gasteiger charge is -2.05. The van der Waals surface area contributed by atoms with Crippen molar-refractivity contribution in [1.29, 1.82) is 0 Å². The van der Waals surface area contributed by atoms with Gasteiger partial charge < -0.3 is 5.73 Å². The lowest BCUT2D eigenvalue weighted by molar-refractivity contribution is 0.638. The molecule has 0 fully saturated rings. The minimum absolute atomic E-state index is 0.350. The quantitative estimate of drug-likeness (QED) is 0.667. The minimum Gasteiger partial charge on any atom is -0.402 e. The van der Waals surface area contributed by atoms with Crippen LogP contribution in [0.15, 0.2) is 16.8 Å². The van der Waals surface area contributed by atoms with Crippen molar-refractivity contribution in [1.82, 2.24) is 0 Å². The second-order valence-corrected chi connectivity index (χ2v) is 4.18. The topological polar surface area (TPSA) is 38.4 Å². The fourth-order valence-electron chi connectivity index (χ4n) is 1.24. The van der Waals surface area contributed by atoms with Gasteiger partial charge in [-0.25, -0.2) is 0 Å². The van der Waals surface area contributed by atoms with Crippen LogP contribution in [0, 0.1) is 5.92 Å². The summed E-state index contributed by atoms with van der Waals surface area (Å²) in [6.45, 7) is 10.4. The number of rotatable bonds is 4. The molecule has 2 N–H and O–H groups in total. The second-order valence-electron chi connectivity index (χ2n) is 4.18. The predicted molar refractivity (Wildman–Crippen MR) is 60.0 cm³/mol. The van der Waals surface area contributed by atoms with Gasteiger partial charge in [-0.05, 0) is 39.2 Å². The molecular formula is C11H22N2. The number of nitrogens with two attached hydrogens (primary N) is 1. The van der Waals surface area contributed by atoms with E-state index in [1.807, 2.05) is 13.0 Å². The van der Waals surface area contributed by atoms with Gasteiger partial charge in [-0.15, -0.1) is 0 Å². The van der Waals surface area contributed by atoms with Crippen molar-refractivity contribution >= 4 is 5.71 Å². The first-order valence-corrected chi connectivity index (χ1v) is 4.92. The minimum atomic E-state index is 0.350. The Morgan fingerprint density at radius 3 is 2.23 bits per heavy atom. The highest BCUT2D eigenvalue weighted by Gasteiger charge is 1.97. The van der Waals surface area contributed by atoms with Crippen LogP contribution in [-0.2, 0) is 0 Å². The second kappa shape index (κ2) is 5.79. The third-order valence-electron chi connectivity index (χ3n) is 1.50. The van der Waals surface area contributed by atoms with Crippen LogP contribution in [0.5, 0.6) is 0 Å². The Balaban J connectivity index is 4.21. The van der Waals surface area contributed by atoms with E-state index in [2.05, 4.69) is 32.7 Å². The average Bonchev–Trinajstić information content (AvgIpc) is 1.80. The van der Waals surface area contributed by atoms with E-state index in [0.717, 1.165) is 17.8 Å². The standard InChI is InChI=1S/C11H22N2/c1-8(2)6-11(12)7-10(5)13-9(3)4/h7-9H,6,12H2,1-5H3. The van der Waals surface area contributed by atoms with Crippen molar-refractivity contribution in [3.63, 3.8) is 0 Å². The van der Waals surface area contributed by atoms with E-state index in [-0.39, 0.29) is 0 Å². The molecule has 0 amide bonds. The molecule has 0 saturated heterocycles. The molecule has 0 atom stereocenters. The third-order valence-corrected chi connectivity index (χ3v) is 1.50. The van der Waals surface area contributed by atoms with E-state index in [1.54, 1.807) is 0 Å². The highest BCUT2D eigenvalue weighted by molar-refractivity contribution is 5.93. The SMILES string of the molecule is CC(C=C(N)CC(C)C)=NC(C)C. The summed E-state index contributed by atoms with van der Waals surface area (Å²) in [6.07, 6.45) is 2.92. The smallest absolute Gasteiger partial charge is 0.0446 e. The molecule has 76 valence electrons. The number of allylic oxidation sites excluding steroid dienone is 2. The Morgan fingerprint density at radius 2 is 1.85 bits per heavy atom. The van der Waals surface area contributed by atoms with Crippen LogP contribution < -0.4 is 5.73 Å². The van der Waals surface area contributed by atoms with E-state index < -0.39 is 0 Å². The Hall–Kier alpha value is -0.790. The molecule has 0 aliphatic heterocycles. The number of aliphatic imine (C=N–C) groups is 1. The van der Waals surface area contributed by atoms with Crippen molar-refractivity contribution in [3.05, 3.63) is 11.8 Å². The molecule has 0 aromatic heterocycles. The molecule has 0 heterocycles. The van der Waals surface area contributed by atoms with Crippen molar-refractivity contribution in [2.75, 3.05) is 0 Å². The maximum atomic E-state index is 5.83. The monoisotopic (exact) mass is 182 g/mol. The maximum absolute atomic E-state index is 5.83. The van der Waals surface area contributed by atoms with Gasteiger partial charge in [-0.3, -0.25) is 4.99 Å². The summed E-state index contributed by atoms with van der Waals surface area (Å²) in [6, 6.07) is 0.350. The largest absolute Gasteiger partial charge is 0.402 e. The fraction of sp³-hybridized carbons (Fsp3) is 0.727. The third kappa shape index (κ3) is 7.57. The van der Waals surface area contributed by atoms with Crippen LogP contribution >= 0.6 is 0 Å². The first-order valence-electron chi connectivity index (χ1n) is 4.92. The molecular weight excluding hydrogens is 160 g/mol. The Kier molecular flexibility index (Phi) is 5.44. The Labute approximate surface area is 81.9 Å². The Morgan fingerprint density at radius 1 is 1.31 bits per heavy atom. The molecule has 0 aliphatic carbocycles. The first kappa shape index (κ1) is 12.2. The molecule has 2 nitrogen and oxygen atoms in total. The van der Waals surface area contributed by atoms with Crippen LogP contribution in [-0.4, -0.2) is 11.8 Å². The summed E-state index contributed by atoms with van der Waals surface area (Å²) in [5.74, 6) is 0.614. The van der Waals surface area contributed by atoms with E-state index >= 15 is 0 Å². The summed E-state index contributed by atoms with van der Waals surface area (Å²) in [4.78, 5) is 4.38. The molecule has 0 radical (unpaired) electrons. The predicted octanol–water partition coefficient (Wildman–Crippen LogP) is 2.74. The van der Waals surface area contributed by atoms with Crippen molar-refractivity contribution < 1.29 is 0 Å². The summed E-state index contributed by atoms with van der Waals surface area (Å²) in [5.41, 5.74) is 7.78. The fourth-order valence-corrected chi connectivity index (χ4v) is 1.24. The molecule has 13 heavy (non-hydrogen) atoms. The zero-order valence-electron chi connectivity index (χ0n) is 9.46. The Bertz CT molecular complexity index is 200. The summed E-state index contributed by atoms with van der Waals surface area (Å²) in [5, 5.41) is 0. The van der Waals surface area contributed by atoms with Gasteiger partial charge in [0, 0.05) is 17.5 Å². The average molecular weight is 182 g/mol. The summed E-state index contributed by atoms with van der Waals surface area (Å²) in [7, 11) is 0. The first-order chi connectivity index (χ1) is 5.91. The number of hydrogen-bond donors (Lipinski definition) is 1. The van der Waals surface area contributed by atoms with Gasteiger partial charge in [-0.1, -0.05) is 13.8 Å².